The number of pyridine rings is 1. The van der Waals surface area contributed by atoms with E-state index >= 15 is 0 Å². The number of hydrogen-bond acceptors (Lipinski definition) is 6. The minimum Gasteiger partial charge on any atom is -0.272 e. The van der Waals surface area contributed by atoms with Crippen LogP contribution in [-0.2, 0) is 4.79 Å². The van der Waals surface area contributed by atoms with Gasteiger partial charge in [-0.1, -0.05) is 59.8 Å². The highest BCUT2D eigenvalue weighted by atomic mass is 32.2. The molecule has 0 saturated carbocycles. The molecule has 7 nitrogen and oxygen atoms in total. The van der Waals surface area contributed by atoms with Crippen LogP contribution in [0.2, 0.25) is 0 Å². The molecule has 0 unspecified atom stereocenters. The quantitative estimate of drug-likeness (QED) is 0.384. The first kappa shape index (κ1) is 22.0. The molecule has 0 bridgehead atoms. The van der Waals surface area contributed by atoms with Crippen molar-refractivity contribution in [2.45, 2.75) is 25.4 Å². The number of hydrazone groups is 1. The molecule has 0 saturated heterocycles. The summed E-state index contributed by atoms with van der Waals surface area (Å²) in [6.45, 7) is 4.73. The molecular weight excluding hydrogens is 444 g/mol. The number of rotatable bonds is 6. The van der Waals surface area contributed by atoms with E-state index in [1.165, 1.54) is 17.3 Å². The van der Waals surface area contributed by atoms with Gasteiger partial charge in [-0.25, -0.2) is 5.01 Å². The average Bonchev–Trinajstić information content (AvgIpc) is 3.52. The number of aryl methyl sites for hydroxylation is 2. The minimum absolute atomic E-state index is 0.0472. The van der Waals surface area contributed by atoms with Gasteiger partial charge in [-0.3, -0.25) is 14.3 Å². The Morgan fingerprint density at radius 2 is 1.82 bits per heavy atom. The van der Waals surface area contributed by atoms with E-state index in [4.69, 9.17) is 0 Å². The van der Waals surface area contributed by atoms with Crippen molar-refractivity contribution >= 4 is 23.4 Å². The minimum atomic E-state index is -0.0472. The Bertz CT molecular complexity index is 1350. The van der Waals surface area contributed by atoms with Crippen LogP contribution in [0.5, 0.6) is 0 Å². The monoisotopic (exact) mass is 468 g/mol. The predicted octanol–water partition coefficient (Wildman–Crippen LogP) is 4.67. The summed E-state index contributed by atoms with van der Waals surface area (Å²) >= 11 is 1.37. The van der Waals surface area contributed by atoms with E-state index in [-0.39, 0.29) is 11.7 Å². The largest absolute Gasteiger partial charge is 0.272 e. The summed E-state index contributed by atoms with van der Waals surface area (Å²) in [4.78, 5) is 17.2. The van der Waals surface area contributed by atoms with E-state index in [9.17, 15) is 4.79 Å². The maximum Gasteiger partial charge on any atom is 0.253 e. The molecule has 0 N–H and O–H groups in total. The van der Waals surface area contributed by atoms with Crippen LogP contribution in [0.25, 0.3) is 17.1 Å². The van der Waals surface area contributed by atoms with Crippen LogP contribution >= 0.6 is 11.8 Å². The lowest BCUT2D eigenvalue weighted by atomic mass is 10.1. The van der Waals surface area contributed by atoms with Crippen molar-refractivity contribution in [1.82, 2.24) is 24.8 Å². The number of hydrogen-bond donors (Lipinski definition) is 0. The van der Waals surface area contributed by atoms with Crippen LogP contribution < -0.4 is 0 Å². The number of carbonyl (C=O) groups excluding carboxylic acids is 1. The molecule has 1 amide bonds. The van der Waals surface area contributed by atoms with E-state index in [0.29, 0.717) is 17.5 Å². The van der Waals surface area contributed by atoms with Gasteiger partial charge in [-0.15, -0.1) is 10.2 Å². The molecule has 1 aliphatic rings. The summed E-state index contributed by atoms with van der Waals surface area (Å²) < 4.78 is 2.01. The zero-order valence-corrected chi connectivity index (χ0v) is 19.9. The SMILES string of the molecule is Cc1ccc(-n2c(SCC(=O)N3CCC(c4ccccc4)=N3)nnc2-c2cccnc2)c(C)c1. The number of thioether (sulfide) groups is 1. The van der Waals surface area contributed by atoms with E-state index in [1.807, 2.05) is 47.0 Å². The Morgan fingerprint density at radius 1 is 1.00 bits per heavy atom. The summed E-state index contributed by atoms with van der Waals surface area (Å²) in [5.74, 6) is 0.872. The van der Waals surface area contributed by atoms with Crippen molar-refractivity contribution in [2.24, 2.45) is 5.10 Å². The second-order valence-electron chi connectivity index (χ2n) is 8.14. The Morgan fingerprint density at radius 3 is 2.59 bits per heavy atom. The van der Waals surface area contributed by atoms with E-state index in [1.54, 1.807) is 17.4 Å². The van der Waals surface area contributed by atoms with Crippen molar-refractivity contribution in [3.63, 3.8) is 0 Å². The highest BCUT2D eigenvalue weighted by Gasteiger charge is 2.24. The molecule has 0 aliphatic carbocycles. The van der Waals surface area contributed by atoms with Crippen LogP contribution in [0, 0.1) is 13.8 Å². The maximum absolute atomic E-state index is 13.0. The molecule has 2 aromatic heterocycles. The van der Waals surface area contributed by atoms with Gasteiger partial charge in [0.15, 0.2) is 11.0 Å². The number of carbonyl (C=O) groups is 1. The Balaban J connectivity index is 1.40. The van der Waals surface area contributed by atoms with Gasteiger partial charge in [0.1, 0.15) is 0 Å². The summed E-state index contributed by atoms with van der Waals surface area (Å²) in [7, 11) is 0. The molecule has 0 fully saturated rings. The van der Waals surface area contributed by atoms with Gasteiger partial charge < -0.3 is 0 Å². The van der Waals surface area contributed by atoms with E-state index in [2.05, 4.69) is 52.3 Å². The molecule has 0 atom stereocenters. The third kappa shape index (κ3) is 4.49. The van der Waals surface area contributed by atoms with Gasteiger partial charge in [0.05, 0.1) is 23.7 Å². The standard InChI is InChI=1S/C26H24N6OS/c1-18-10-11-23(19(2)15-18)32-25(21-9-6-13-27-16-21)28-29-26(32)34-17-24(33)31-14-12-22(30-31)20-7-4-3-5-8-20/h3-11,13,15-16H,12,14,17H2,1-2H3. The molecule has 5 rings (SSSR count). The molecule has 8 heteroatoms. The first-order valence-electron chi connectivity index (χ1n) is 11.1. The fourth-order valence-electron chi connectivity index (χ4n) is 3.99. The van der Waals surface area contributed by atoms with Gasteiger partial charge >= 0.3 is 0 Å². The van der Waals surface area contributed by atoms with Crippen LogP contribution in [0.4, 0.5) is 0 Å². The smallest absolute Gasteiger partial charge is 0.253 e. The second-order valence-corrected chi connectivity index (χ2v) is 9.08. The number of benzene rings is 2. The fourth-order valence-corrected chi connectivity index (χ4v) is 4.80. The molecule has 0 radical (unpaired) electrons. The molecule has 4 aromatic rings. The van der Waals surface area contributed by atoms with Gasteiger partial charge in [-0.2, -0.15) is 5.10 Å². The third-order valence-electron chi connectivity index (χ3n) is 5.67. The molecule has 3 heterocycles. The summed E-state index contributed by atoms with van der Waals surface area (Å²) in [6, 6.07) is 20.1. The first-order chi connectivity index (χ1) is 16.6. The summed E-state index contributed by atoms with van der Waals surface area (Å²) in [5.41, 5.74) is 6.13. The average molecular weight is 469 g/mol. The van der Waals surface area contributed by atoms with E-state index in [0.717, 1.165) is 34.5 Å². The van der Waals surface area contributed by atoms with Crippen LogP contribution in [0.1, 0.15) is 23.1 Å². The lowest BCUT2D eigenvalue weighted by Crippen LogP contribution is -2.25. The van der Waals surface area contributed by atoms with Gasteiger partial charge in [0.25, 0.3) is 5.91 Å². The number of aromatic nitrogens is 4. The van der Waals surface area contributed by atoms with Crippen LogP contribution in [0.15, 0.2) is 83.3 Å². The van der Waals surface area contributed by atoms with Gasteiger partial charge in [0, 0.05) is 24.4 Å². The van der Waals surface area contributed by atoms with Gasteiger partial charge in [0.2, 0.25) is 0 Å². The lowest BCUT2D eigenvalue weighted by molar-refractivity contribution is -0.127. The second kappa shape index (κ2) is 9.61. The number of amides is 1. The molecule has 1 aliphatic heterocycles. The van der Waals surface area contributed by atoms with Crippen molar-refractivity contribution < 1.29 is 4.79 Å². The topological polar surface area (TPSA) is 76.3 Å². The predicted molar refractivity (Wildman–Crippen MR) is 134 cm³/mol. The normalized spacial score (nSPS) is 13.2. The van der Waals surface area contributed by atoms with Crippen LogP contribution in [0.3, 0.4) is 0 Å². The van der Waals surface area contributed by atoms with Crippen molar-refractivity contribution in [3.05, 3.63) is 89.7 Å². The molecule has 2 aromatic carbocycles. The van der Waals surface area contributed by atoms with Gasteiger partial charge in [-0.05, 0) is 43.2 Å². The Labute approximate surface area is 202 Å². The third-order valence-corrected chi connectivity index (χ3v) is 6.58. The van der Waals surface area contributed by atoms with Crippen LogP contribution in [-0.4, -0.2) is 48.7 Å². The molecule has 34 heavy (non-hydrogen) atoms. The fraction of sp³-hybridized carbons (Fsp3) is 0.192. The van der Waals surface area contributed by atoms with Crippen molar-refractivity contribution in [1.29, 1.82) is 0 Å². The lowest BCUT2D eigenvalue weighted by Gasteiger charge is -2.14. The summed E-state index contributed by atoms with van der Waals surface area (Å²) in [6.07, 6.45) is 4.26. The first-order valence-corrected chi connectivity index (χ1v) is 12.1. The molecule has 170 valence electrons. The van der Waals surface area contributed by atoms with Crippen molar-refractivity contribution in [2.75, 3.05) is 12.3 Å². The Hall–Kier alpha value is -3.78. The van der Waals surface area contributed by atoms with Crippen molar-refractivity contribution in [3.8, 4) is 17.1 Å². The van der Waals surface area contributed by atoms with E-state index < -0.39 is 0 Å². The molecular formula is C26H24N6OS. The zero-order valence-electron chi connectivity index (χ0n) is 19.0. The number of nitrogens with zero attached hydrogens (tertiary/aromatic N) is 6. The zero-order chi connectivity index (χ0) is 23.5. The molecule has 0 spiro atoms. The summed E-state index contributed by atoms with van der Waals surface area (Å²) in [5, 5.41) is 15.7. The maximum atomic E-state index is 13.0. The highest BCUT2D eigenvalue weighted by Crippen LogP contribution is 2.30. The Kier molecular flexibility index (Phi) is 6.22. The highest BCUT2D eigenvalue weighted by molar-refractivity contribution is 7.99.